The summed E-state index contributed by atoms with van der Waals surface area (Å²) in [6.45, 7) is 9.34. The molecule has 0 saturated heterocycles. The van der Waals surface area contributed by atoms with Gasteiger partial charge in [0, 0.05) is 24.5 Å². The number of aryl methyl sites for hydroxylation is 1. The van der Waals surface area contributed by atoms with Gasteiger partial charge < -0.3 is 19.7 Å². The molecule has 1 aromatic heterocycles. The SMILES string of the molecule is CCN(CC)CCNC(=O)c1c(C)oc2cc(O)ccc12. The van der Waals surface area contributed by atoms with Gasteiger partial charge in [-0.25, -0.2) is 0 Å². The standard InChI is InChI=1S/C16H22N2O3/c1-4-18(5-2)9-8-17-16(20)15-11(3)21-14-10-12(19)6-7-13(14)15/h6-7,10,19H,4-5,8-9H2,1-3H3,(H,17,20). The summed E-state index contributed by atoms with van der Waals surface area (Å²) in [6, 6.07) is 4.79. The summed E-state index contributed by atoms with van der Waals surface area (Å²) in [5.74, 6) is 0.560. The second-order valence-corrected chi connectivity index (χ2v) is 5.00. The number of hydrogen-bond donors (Lipinski definition) is 2. The molecule has 1 heterocycles. The Bertz CT molecular complexity index is 630. The summed E-state index contributed by atoms with van der Waals surface area (Å²) in [4.78, 5) is 14.6. The lowest BCUT2D eigenvalue weighted by atomic mass is 10.1. The number of aromatic hydroxyl groups is 1. The van der Waals surface area contributed by atoms with Gasteiger partial charge in [0.2, 0.25) is 0 Å². The number of carbonyl (C=O) groups is 1. The number of carbonyl (C=O) groups excluding carboxylic acids is 1. The first-order valence-electron chi connectivity index (χ1n) is 7.29. The molecule has 114 valence electrons. The predicted molar refractivity (Wildman–Crippen MR) is 82.7 cm³/mol. The van der Waals surface area contributed by atoms with Gasteiger partial charge in [-0.2, -0.15) is 0 Å². The summed E-state index contributed by atoms with van der Waals surface area (Å²) in [7, 11) is 0. The van der Waals surface area contributed by atoms with Gasteiger partial charge in [-0.15, -0.1) is 0 Å². The van der Waals surface area contributed by atoms with E-state index < -0.39 is 0 Å². The molecule has 1 aromatic carbocycles. The molecule has 5 nitrogen and oxygen atoms in total. The fourth-order valence-electron chi connectivity index (χ4n) is 2.45. The van der Waals surface area contributed by atoms with Crippen molar-refractivity contribution in [2.45, 2.75) is 20.8 Å². The van der Waals surface area contributed by atoms with E-state index in [4.69, 9.17) is 4.42 Å². The van der Waals surface area contributed by atoms with Crippen LogP contribution in [0.15, 0.2) is 22.6 Å². The van der Waals surface area contributed by atoms with Gasteiger partial charge in [0.15, 0.2) is 0 Å². The van der Waals surface area contributed by atoms with E-state index in [9.17, 15) is 9.90 Å². The zero-order valence-corrected chi connectivity index (χ0v) is 12.8. The average molecular weight is 290 g/mol. The lowest BCUT2D eigenvalue weighted by Gasteiger charge is -2.17. The molecule has 5 heteroatoms. The van der Waals surface area contributed by atoms with Crippen molar-refractivity contribution >= 4 is 16.9 Å². The molecule has 0 atom stereocenters. The summed E-state index contributed by atoms with van der Waals surface area (Å²) in [5.41, 5.74) is 1.07. The number of hydrogen-bond acceptors (Lipinski definition) is 4. The molecule has 0 aliphatic carbocycles. The molecule has 2 aromatic rings. The summed E-state index contributed by atoms with van der Waals surface area (Å²) < 4.78 is 5.54. The highest BCUT2D eigenvalue weighted by Gasteiger charge is 2.18. The smallest absolute Gasteiger partial charge is 0.255 e. The molecule has 2 N–H and O–H groups in total. The number of benzene rings is 1. The molecule has 0 aliphatic heterocycles. The van der Waals surface area contributed by atoms with Crippen molar-refractivity contribution in [3.05, 3.63) is 29.5 Å². The molecule has 0 bridgehead atoms. The van der Waals surface area contributed by atoms with Gasteiger partial charge in [0.25, 0.3) is 5.91 Å². The Morgan fingerprint density at radius 2 is 2.05 bits per heavy atom. The van der Waals surface area contributed by atoms with Gasteiger partial charge in [0.1, 0.15) is 17.1 Å². The van der Waals surface area contributed by atoms with Gasteiger partial charge >= 0.3 is 0 Å². The van der Waals surface area contributed by atoms with Crippen molar-refractivity contribution in [2.75, 3.05) is 26.2 Å². The third-order valence-electron chi connectivity index (χ3n) is 3.68. The molecule has 0 spiro atoms. The van der Waals surface area contributed by atoms with Gasteiger partial charge in [-0.3, -0.25) is 4.79 Å². The minimum Gasteiger partial charge on any atom is -0.508 e. The highest BCUT2D eigenvalue weighted by Crippen LogP contribution is 2.28. The van der Waals surface area contributed by atoms with Crippen LogP contribution in [0.25, 0.3) is 11.0 Å². The fourth-order valence-corrected chi connectivity index (χ4v) is 2.45. The van der Waals surface area contributed by atoms with E-state index in [1.165, 1.54) is 6.07 Å². The molecule has 0 radical (unpaired) electrons. The maximum atomic E-state index is 12.3. The molecular weight excluding hydrogens is 268 g/mol. The number of rotatable bonds is 6. The minimum absolute atomic E-state index is 0.129. The Kier molecular flexibility index (Phi) is 4.85. The first-order valence-corrected chi connectivity index (χ1v) is 7.29. The normalized spacial score (nSPS) is 11.2. The molecular formula is C16H22N2O3. The topological polar surface area (TPSA) is 65.7 Å². The van der Waals surface area contributed by atoms with Gasteiger partial charge in [-0.1, -0.05) is 13.8 Å². The monoisotopic (exact) mass is 290 g/mol. The van der Waals surface area contributed by atoms with Crippen LogP contribution in [0.1, 0.15) is 30.0 Å². The van der Waals surface area contributed by atoms with E-state index in [0.717, 1.165) is 25.0 Å². The van der Waals surface area contributed by atoms with Crippen LogP contribution in [-0.4, -0.2) is 42.1 Å². The number of fused-ring (bicyclic) bond motifs is 1. The Balaban J connectivity index is 2.11. The zero-order valence-electron chi connectivity index (χ0n) is 12.8. The minimum atomic E-state index is -0.135. The van der Waals surface area contributed by atoms with E-state index in [1.54, 1.807) is 19.1 Å². The summed E-state index contributed by atoms with van der Waals surface area (Å²) in [6.07, 6.45) is 0. The second-order valence-electron chi connectivity index (χ2n) is 5.00. The molecule has 21 heavy (non-hydrogen) atoms. The van der Waals surface area contributed by atoms with Crippen LogP contribution in [0.3, 0.4) is 0 Å². The maximum Gasteiger partial charge on any atom is 0.255 e. The molecule has 0 aliphatic rings. The van der Waals surface area contributed by atoms with Gasteiger partial charge in [0.05, 0.1) is 5.56 Å². The van der Waals surface area contributed by atoms with Crippen molar-refractivity contribution in [2.24, 2.45) is 0 Å². The van der Waals surface area contributed by atoms with Crippen LogP contribution in [0.4, 0.5) is 0 Å². The summed E-state index contributed by atoms with van der Waals surface area (Å²) >= 11 is 0. The number of amides is 1. The third kappa shape index (κ3) is 3.36. The third-order valence-corrected chi connectivity index (χ3v) is 3.68. The Hall–Kier alpha value is -2.01. The molecule has 2 rings (SSSR count). The molecule has 1 amide bonds. The van der Waals surface area contributed by atoms with Crippen LogP contribution in [0.2, 0.25) is 0 Å². The van der Waals surface area contributed by atoms with Gasteiger partial charge in [-0.05, 0) is 32.1 Å². The van der Waals surface area contributed by atoms with Crippen LogP contribution in [-0.2, 0) is 0 Å². The molecule has 0 fully saturated rings. The lowest BCUT2D eigenvalue weighted by Crippen LogP contribution is -2.34. The van der Waals surface area contributed by atoms with Crippen molar-refractivity contribution in [1.82, 2.24) is 10.2 Å². The Morgan fingerprint density at radius 1 is 1.33 bits per heavy atom. The van der Waals surface area contributed by atoms with Crippen LogP contribution in [0, 0.1) is 6.92 Å². The number of nitrogens with zero attached hydrogens (tertiary/aromatic N) is 1. The molecule has 0 unspecified atom stereocenters. The quantitative estimate of drug-likeness (QED) is 0.858. The lowest BCUT2D eigenvalue weighted by molar-refractivity contribution is 0.0949. The fraction of sp³-hybridized carbons (Fsp3) is 0.438. The maximum absolute atomic E-state index is 12.3. The zero-order chi connectivity index (χ0) is 15.4. The predicted octanol–water partition coefficient (Wildman–Crippen LogP) is 2.52. The van der Waals surface area contributed by atoms with E-state index in [-0.39, 0.29) is 11.7 Å². The largest absolute Gasteiger partial charge is 0.508 e. The first kappa shape index (κ1) is 15.4. The first-order chi connectivity index (χ1) is 10.1. The van der Waals surface area contributed by atoms with Crippen molar-refractivity contribution in [3.63, 3.8) is 0 Å². The van der Waals surface area contributed by atoms with Crippen molar-refractivity contribution in [3.8, 4) is 5.75 Å². The number of nitrogens with one attached hydrogen (secondary N) is 1. The van der Waals surface area contributed by atoms with Crippen molar-refractivity contribution in [1.29, 1.82) is 0 Å². The highest BCUT2D eigenvalue weighted by atomic mass is 16.3. The Labute approximate surface area is 124 Å². The van der Waals surface area contributed by atoms with Crippen LogP contribution in [0.5, 0.6) is 5.75 Å². The Morgan fingerprint density at radius 3 is 2.71 bits per heavy atom. The van der Waals surface area contributed by atoms with E-state index in [0.29, 0.717) is 23.5 Å². The van der Waals surface area contributed by atoms with E-state index in [2.05, 4.69) is 24.1 Å². The van der Waals surface area contributed by atoms with E-state index >= 15 is 0 Å². The number of phenolic OH excluding ortho intramolecular Hbond substituents is 1. The number of likely N-dealkylation sites (N-methyl/N-ethyl adjacent to an activating group) is 1. The number of phenols is 1. The summed E-state index contributed by atoms with van der Waals surface area (Å²) in [5, 5.41) is 13.1. The highest BCUT2D eigenvalue weighted by molar-refractivity contribution is 6.07. The molecule has 0 saturated carbocycles. The van der Waals surface area contributed by atoms with Crippen LogP contribution < -0.4 is 5.32 Å². The van der Waals surface area contributed by atoms with Crippen LogP contribution >= 0.6 is 0 Å². The second kappa shape index (κ2) is 6.63. The van der Waals surface area contributed by atoms with E-state index in [1.807, 2.05) is 0 Å². The average Bonchev–Trinajstić information content (AvgIpc) is 2.78. The number of furan rings is 1. The van der Waals surface area contributed by atoms with Crippen molar-refractivity contribution < 1.29 is 14.3 Å².